The van der Waals surface area contributed by atoms with Crippen molar-refractivity contribution in [2.24, 2.45) is 0 Å². The molecule has 0 spiro atoms. The van der Waals surface area contributed by atoms with Crippen molar-refractivity contribution in [2.75, 3.05) is 26.8 Å². The molecule has 0 amide bonds. The first-order chi connectivity index (χ1) is 11.1. The van der Waals surface area contributed by atoms with Crippen molar-refractivity contribution in [3.05, 3.63) is 29.8 Å². The molecule has 0 aliphatic heterocycles. The molecule has 4 heteroatoms. The van der Waals surface area contributed by atoms with Crippen molar-refractivity contribution in [1.29, 1.82) is 0 Å². The fourth-order valence-corrected chi connectivity index (χ4v) is 1.41. The van der Waals surface area contributed by atoms with Gasteiger partial charge in [-0.1, -0.05) is 25.9 Å². The fraction of sp³-hybridized carbons (Fsp3) is 0.600. The quantitative estimate of drug-likeness (QED) is 0.717. The molecule has 2 unspecified atom stereocenters. The molecule has 2 atom stereocenters. The Balaban J connectivity index is 2.53. The highest BCUT2D eigenvalue weighted by molar-refractivity contribution is 5.27. The normalized spacial score (nSPS) is 19.4. The smallest absolute Gasteiger partial charge is 0.119 e. The summed E-state index contributed by atoms with van der Waals surface area (Å²) in [4.78, 5) is 0. The zero-order chi connectivity index (χ0) is 18.4. The van der Waals surface area contributed by atoms with Gasteiger partial charge >= 0.3 is 0 Å². The second-order valence-electron chi connectivity index (χ2n) is 4.22. The van der Waals surface area contributed by atoms with Crippen LogP contribution in [-0.2, 0) is 11.2 Å². The summed E-state index contributed by atoms with van der Waals surface area (Å²) < 4.78 is 47.7. The molecule has 1 rings (SSSR count). The van der Waals surface area contributed by atoms with Gasteiger partial charge in [0.05, 0.1) is 6.61 Å². The molecule has 1 aromatic rings. The fourth-order valence-electron chi connectivity index (χ4n) is 1.41. The molecule has 0 bridgehead atoms. The molecule has 2 N–H and O–H groups in total. The summed E-state index contributed by atoms with van der Waals surface area (Å²) in [5.74, 6) is 0.495. The Kier molecular flexibility index (Phi) is 4.57. The SMILES string of the molecule is [2H]C([2H])([2H])C(C)NC([2H])([2H])C(O)COc1ccc(CCOC)cc1. The van der Waals surface area contributed by atoms with Crippen molar-refractivity contribution in [3.63, 3.8) is 0 Å². The van der Waals surface area contributed by atoms with Crippen LogP contribution in [0.2, 0.25) is 0 Å². The van der Waals surface area contributed by atoms with Crippen molar-refractivity contribution in [1.82, 2.24) is 5.32 Å². The van der Waals surface area contributed by atoms with Crippen LogP contribution in [-0.4, -0.2) is 44.1 Å². The van der Waals surface area contributed by atoms with E-state index >= 15 is 0 Å². The molecule has 0 aromatic heterocycles. The minimum Gasteiger partial charge on any atom is -0.491 e. The van der Waals surface area contributed by atoms with Crippen LogP contribution >= 0.6 is 0 Å². The second-order valence-corrected chi connectivity index (χ2v) is 4.22. The van der Waals surface area contributed by atoms with Crippen LogP contribution in [0.3, 0.4) is 0 Å². The predicted molar refractivity (Wildman–Crippen MR) is 76.7 cm³/mol. The predicted octanol–water partition coefficient (Wildman–Crippen LogP) is 1.61. The third-order valence-corrected chi connectivity index (χ3v) is 2.39. The largest absolute Gasteiger partial charge is 0.491 e. The van der Waals surface area contributed by atoms with E-state index in [2.05, 4.69) is 5.32 Å². The lowest BCUT2D eigenvalue weighted by Crippen LogP contribution is -2.35. The maximum Gasteiger partial charge on any atom is 0.119 e. The highest BCUT2D eigenvalue weighted by Crippen LogP contribution is 2.12. The van der Waals surface area contributed by atoms with Gasteiger partial charge in [-0.3, -0.25) is 0 Å². The van der Waals surface area contributed by atoms with Crippen LogP contribution in [0.4, 0.5) is 0 Å². The Labute approximate surface area is 122 Å². The molecule has 0 saturated heterocycles. The Bertz CT molecular complexity index is 493. The lowest BCUT2D eigenvalue weighted by Gasteiger charge is -2.15. The molecule has 19 heavy (non-hydrogen) atoms. The number of nitrogens with one attached hydrogen (secondary N) is 1. The van der Waals surface area contributed by atoms with E-state index in [0.29, 0.717) is 12.4 Å². The van der Waals surface area contributed by atoms with Crippen LogP contribution in [0.15, 0.2) is 24.3 Å². The summed E-state index contributed by atoms with van der Waals surface area (Å²) in [5.41, 5.74) is 1.08. The lowest BCUT2D eigenvalue weighted by molar-refractivity contribution is 0.104. The molecule has 1 aromatic carbocycles. The molecule has 4 nitrogen and oxygen atoms in total. The van der Waals surface area contributed by atoms with Gasteiger partial charge in [0.2, 0.25) is 0 Å². The molecular weight excluding hydrogens is 242 g/mol. The summed E-state index contributed by atoms with van der Waals surface area (Å²) in [6, 6.07) is 6.09. The van der Waals surface area contributed by atoms with Crippen molar-refractivity contribution in [3.8, 4) is 5.75 Å². The third-order valence-electron chi connectivity index (χ3n) is 2.39. The first kappa shape index (κ1) is 9.75. The van der Waals surface area contributed by atoms with Crippen LogP contribution in [0.5, 0.6) is 5.75 Å². The van der Waals surface area contributed by atoms with Gasteiger partial charge in [0.1, 0.15) is 18.5 Å². The van der Waals surface area contributed by atoms with E-state index in [9.17, 15) is 5.11 Å². The molecule has 0 radical (unpaired) electrons. The Morgan fingerprint density at radius 2 is 2.16 bits per heavy atom. The molecule has 0 aliphatic rings. The highest BCUT2D eigenvalue weighted by atomic mass is 16.5. The number of ether oxygens (including phenoxy) is 2. The Morgan fingerprint density at radius 1 is 1.42 bits per heavy atom. The van der Waals surface area contributed by atoms with E-state index < -0.39 is 25.5 Å². The van der Waals surface area contributed by atoms with Gasteiger partial charge in [-0.25, -0.2) is 0 Å². The van der Waals surface area contributed by atoms with Gasteiger partial charge < -0.3 is 19.9 Å². The van der Waals surface area contributed by atoms with Crippen LogP contribution in [0, 0.1) is 0 Å². The van der Waals surface area contributed by atoms with E-state index in [1.54, 1.807) is 19.2 Å². The van der Waals surface area contributed by atoms with Gasteiger partial charge in [-0.15, -0.1) is 0 Å². The van der Waals surface area contributed by atoms with Gasteiger partial charge in [0.25, 0.3) is 0 Å². The zero-order valence-electron chi connectivity index (χ0n) is 16.3. The van der Waals surface area contributed by atoms with Crippen molar-refractivity contribution in [2.45, 2.75) is 32.3 Å². The zero-order valence-corrected chi connectivity index (χ0v) is 11.3. The maximum atomic E-state index is 9.96. The first-order valence-electron chi connectivity index (χ1n) is 8.72. The van der Waals surface area contributed by atoms with E-state index in [1.807, 2.05) is 12.1 Å². The van der Waals surface area contributed by atoms with Crippen LogP contribution in [0.1, 0.15) is 26.2 Å². The number of rotatable bonds is 9. The average molecular weight is 272 g/mol. The highest BCUT2D eigenvalue weighted by Gasteiger charge is 2.05. The minimum atomic E-state index is -2.36. The summed E-state index contributed by atoms with van der Waals surface area (Å²) in [6.07, 6.45) is -0.741. The average Bonchev–Trinajstić information content (AvgIpc) is 2.50. The molecule has 108 valence electrons. The molecule has 0 saturated carbocycles. The third kappa shape index (κ3) is 7.15. The molecular formula is C15H25NO3. The lowest BCUT2D eigenvalue weighted by atomic mass is 10.1. The van der Waals surface area contributed by atoms with Crippen LogP contribution < -0.4 is 10.1 Å². The number of benzene rings is 1. The number of methoxy groups -OCH3 is 1. The number of hydrogen-bond acceptors (Lipinski definition) is 4. The maximum absolute atomic E-state index is 9.96. The van der Waals surface area contributed by atoms with Gasteiger partial charge in [-0.05, 0) is 24.1 Å². The standard InChI is InChI=1S/C15H25NO3/c1-12(2)16-10-14(17)11-19-15-6-4-13(5-7-15)8-9-18-3/h4-7,12,14,16-17H,8-11H2,1-3H3/i1D3,10D2. The Morgan fingerprint density at radius 3 is 2.79 bits per heavy atom. The second kappa shape index (κ2) is 8.91. The van der Waals surface area contributed by atoms with Gasteiger partial charge in [-0.2, -0.15) is 0 Å². The van der Waals surface area contributed by atoms with Gasteiger partial charge in [0.15, 0.2) is 0 Å². The molecule has 0 heterocycles. The number of aliphatic hydroxyl groups is 1. The summed E-state index contributed by atoms with van der Waals surface area (Å²) in [6.45, 7) is -2.98. The first-order valence-corrected chi connectivity index (χ1v) is 6.22. The van der Waals surface area contributed by atoms with Crippen molar-refractivity contribution >= 4 is 0 Å². The van der Waals surface area contributed by atoms with E-state index in [4.69, 9.17) is 16.3 Å². The summed E-state index contributed by atoms with van der Waals surface area (Å²) in [5, 5.41) is 12.3. The monoisotopic (exact) mass is 272 g/mol. The van der Waals surface area contributed by atoms with E-state index in [-0.39, 0.29) is 6.61 Å². The Hall–Kier alpha value is -1.10. The number of aliphatic hydroxyl groups excluding tert-OH is 1. The topological polar surface area (TPSA) is 50.7 Å². The van der Waals surface area contributed by atoms with Crippen LogP contribution in [0.25, 0.3) is 0 Å². The number of hydrogen-bond donors (Lipinski definition) is 2. The summed E-state index contributed by atoms with van der Waals surface area (Å²) in [7, 11) is 1.63. The summed E-state index contributed by atoms with van der Waals surface area (Å²) >= 11 is 0. The van der Waals surface area contributed by atoms with E-state index in [0.717, 1.165) is 12.0 Å². The minimum absolute atomic E-state index is 0.300. The molecule has 0 aliphatic carbocycles. The van der Waals surface area contributed by atoms with Crippen molar-refractivity contribution < 1.29 is 21.4 Å². The van der Waals surface area contributed by atoms with Gasteiger partial charge in [0, 0.05) is 26.5 Å². The van der Waals surface area contributed by atoms with E-state index in [1.165, 1.54) is 6.92 Å². The molecule has 0 fully saturated rings.